The van der Waals surface area contributed by atoms with Crippen LogP contribution in [0.5, 0.6) is 0 Å². The highest BCUT2D eigenvalue weighted by Crippen LogP contribution is 2.65. The largest absolute Gasteiger partial charge is 0.444 e. The van der Waals surface area contributed by atoms with Gasteiger partial charge in [-0.25, -0.2) is 4.79 Å². The van der Waals surface area contributed by atoms with Crippen LogP contribution in [0.25, 0.3) is 0 Å². The number of ether oxygens (including phenoxy) is 1. The van der Waals surface area contributed by atoms with E-state index >= 15 is 0 Å². The smallest absolute Gasteiger partial charge is 0.408 e. The molecule has 0 aromatic rings. The van der Waals surface area contributed by atoms with Crippen molar-refractivity contribution >= 4 is 29.6 Å². The maximum absolute atomic E-state index is 14.2. The number of rotatable bonds is 13. The zero-order valence-corrected chi connectivity index (χ0v) is 26.0. The van der Waals surface area contributed by atoms with Crippen LogP contribution < -0.4 is 16.0 Å². The Hall–Kier alpha value is -3.17. The molecular weight excluding hydrogens is 536 g/mol. The molecule has 1 aliphatic heterocycles. The van der Waals surface area contributed by atoms with E-state index in [1.807, 2.05) is 0 Å². The van der Waals surface area contributed by atoms with Gasteiger partial charge in [-0.1, -0.05) is 45.3 Å². The quantitative estimate of drug-likeness (QED) is 0.171. The van der Waals surface area contributed by atoms with E-state index in [-0.39, 0.29) is 42.0 Å². The highest BCUT2D eigenvalue weighted by atomic mass is 16.6. The Labute approximate surface area is 250 Å². The molecular formula is C32H50N4O6. The van der Waals surface area contributed by atoms with Crippen molar-refractivity contribution in [3.05, 3.63) is 25.3 Å². The lowest BCUT2D eigenvalue weighted by Gasteiger charge is -2.37. The molecule has 1 heterocycles. The number of nitrogens with zero attached hydrogens (tertiary/aromatic N) is 1. The monoisotopic (exact) mass is 586 g/mol. The first kappa shape index (κ1) is 33.3. The lowest BCUT2D eigenvalue weighted by Crippen LogP contribution is -2.59. The van der Waals surface area contributed by atoms with E-state index in [0.29, 0.717) is 19.4 Å². The Balaban J connectivity index is 1.83. The molecule has 0 aromatic carbocycles. The SMILES string of the molecule is C=CCCNC(=O)C(=O)C(CCC=C)NC(=O)[C@@H]1[C@@H]2[C@H](CN1C(=O)[C@@H](NC(=O)OC(C)(C)C)C1CCCCC1)C2(C)C. The molecule has 0 spiro atoms. The van der Waals surface area contributed by atoms with Crippen molar-refractivity contribution in [1.29, 1.82) is 0 Å². The van der Waals surface area contributed by atoms with Gasteiger partial charge in [0.05, 0.1) is 6.04 Å². The second-order valence-corrected chi connectivity index (χ2v) is 13.5. The summed E-state index contributed by atoms with van der Waals surface area (Å²) in [7, 11) is 0. The Morgan fingerprint density at radius 1 is 1.00 bits per heavy atom. The van der Waals surface area contributed by atoms with Gasteiger partial charge in [-0.05, 0) is 76.0 Å². The third kappa shape index (κ3) is 8.01. The Bertz CT molecular complexity index is 1060. The van der Waals surface area contributed by atoms with Gasteiger partial charge < -0.3 is 25.6 Å². The maximum Gasteiger partial charge on any atom is 0.408 e. The fraction of sp³-hybridized carbons (Fsp3) is 0.719. The second-order valence-electron chi connectivity index (χ2n) is 13.5. The minimum atomic E-state index is -1.05. The number of piperidine rings is 1. The summed E-state index contributed by atoms with van der Waals surface area (Å²) in [6, 6.07) is -2.68. The average Bonchev–Trinajstić information content (AvgIpc) is 3.24. The highest BCUT2D eigenvalue weighted by molar-refractivity contribution is 6.38. The van der Waals surface area contributed by atoms with Gasteiger partial charge in [-0.3, -0.25) is 19.2 Å². The van der Waals surface area contributed by atoms with Crippen LogP contribution in [0.15, 0.2) is 25.3 Å². The lowest BCUT2D eigenvalue weighted by atomic mass is 9.83. The molecule has 3 aliphatic rings. The van der Waals surface area contributed by atoms with Crippen LogP contribution in [0.3, 0.4) is 0 Å². The van der Waals surface area contributed by atoms with Gasteiger partial charge in [-0.2, -0.15) is 0 Å². The van der Waals surface area contributed by atoms with Gasteiger partial charge in [0.2, 0.25) is 17.6 Å². The Morgan fingerprint density at radius 2 is 1.64 bits per heavy atom. The summed E-state index contributed by atoms with van der Waals surface area (Å²) in [5.74, 6) is -2.29. The fourth-order valence-corrected chi connectivity index (χ4v) is 6.62. The highest BCUT2D eigenvalue weighted by Gasteiger charge is 2.69. The minimum absolute atomic E-state index is 0.0615. The van der Waals surface area contributed by atoms with Crippen LogP contribution in [-0.4, -0.2) is 71.3 Å². The number of carbonyl (C=O) groups excluding carboxylic acids is 5. The van der Waals surface area contributed by atoms with E-state index in [1.165, 1.54) is 0 Å². The van der Waals surface area contributed by atoms with Crippen LogP contribution in [-0.2, 0) is 23.9 Å². The van der Waals surface area contributed by atoms with Gasteiger partial charge in [0.1, 0.15) is 17.7 Å². The van der Waals surface area contributed by atoms with Gasteiger partial charge in [-0.15, -0.1) is 13.2 Å². The number of hydrogen-bond donors (Lipinski definition) is 3. The summed E-state index contributed by atoms with van der Waals surface area (Å²) in [6.45, 7) is 17.4. The maximum atomic E-state index is 14.2. The van der Waals surface area contributed by atoms with Crippen LogP contribution >= 0.6 is 0 Å². The summed E-state index contributed by atoms with van der Waals surface area (Å²) in [4.78, 5) is 68.1. The molecule has 3 fully saturated rings. The molecule has 5 atom stereocenters. The number of likely N-dealkylation sites (tertiary alicyclic amines) is 1. The lowest BCUT2D eigenvalue weighted by molar-refractivity contribution is -0.145. The summed E-state index contributed by atoms with van der Waals surface area (Å²) >= 11 is 0. The number of ketones is 1. The molecule has 234 valence electrons. The van der Waals surface area contributed by atoms with Crippen molar-refractivity contribution in [2.24, 2.45) is 23.2 Å². The predicted octanol–water partition coefficient (Wildman–Crippen LogP) is 3.66. The number of amides is 4. The number of alkyl carbamates (subject to hydrolysis) is 1. The van der Waals surface area contributed by atoms with Gasteiger partial charge >= 0.3 is 6.09 Å². The first-order chi connectivity index (χ1) is 19.7. The van der Waals surface area contributed by atoms with Gasteiger partial charge in [0.15, 0.2) is 0 Å². The Morgan fingerprint density at radius 3 is 2.24 bits per heavy atom. The molecule has 10 nitrogen and oxygen atoms in total. The molecule has 10 heteroatoms. The third-order valence-corrected chi connectivity index (χ3v) is 8.97. The Kier molecular flexibility index (Phi) is 11.0. The summed E-state index contributed by atoms with van der Waals surface area (Å²) in [5, 5.41) is 8.23. The summed E-state index contributed by atoms with van der Waals surface area (Å²) in [6.07, 6.45) is 8.37. The normalized spacial score (nSPS) is 24.4. The van der Waals surface area contributed by atoms with Crippen molar-refractivity contribution in [3.63, 3.8) is 0 Å². The molecule has 1 saturated heterocycles. The van der Waals surface area contributed by atoms with Crippen molar-refractivity contribution < 1.29 is 28.7 Å². The zero-order chi connectivity index (χ0) is 31.2. The van der Waals surface area contributed by atoms with Crippen molar-refractivity contribution in [1.82, 2.24) is 20.9 Å². The molecule has 3 N–H and O–H groups in total. The number of hydrogen-bond acceptors (Lipinski definition) is 6. The van der Waals surface area contributed by atoms with Crippen molar-refractivity contribution in [3.8, 4) is 0 Å². The molecule has 4 amide bonds. The fourth-order valence-electron chi connectivity index (χ4n) is 6.62. The number of Topliss-reactive ketones (excluding diaryl/α,β-unsaturated/α-hetero) is 1. The van der Waals surface area contributed by atoms with E-state index in [1.54, 1.807) is 37.8 Å². The van der Waals surface area contributed by atoms with E-state index in [9.17, 15) is 24.0 Å². The van der Waals surface area contributed by atoms with Crippen LogP contribution in [0.4, 0.5) is 4.79 Å². The topological polar surface area (TPSA) is 134 Å². The standard InChI is InChI=1S/C32H50N4O6/c1-8-10-17-22(26(37)28(39)33-18-11-9-2)34-27(38)25-23-21(32(23,6)7)19-36(25)29(40)24(20-15-13-12-14-16-20)35-30(41)42-31(3,4)5/h8-9,20-25H,1-2,10-19H2,3-7H3,(H,33,39)(H,34,38)(H,35,41)/t21-,22?,23-,24-,25-/m0/s1. The van der Waals surface area contributed by atoms with E-state index < -0.39 is 47.4 Å². The second kappa shape index (κ2) is 13.9. The summed E-state index contributed by atoms with van der Waals surface area (Å²) in [5.41, 5.74) is -0.878. The van der Waals surface area contributed by atoms with E-state index in [0.717, 1.165) is 32.1 Å². The van der Waals surface area contributed by atoms with Crippen LogP contribution in [0.1, 0.15) is 86.0 Å². The van der Waals surface area contributed by atoms with E-state index in [4.69, 9.17) is 4.74 Å². The number of carbonyl (C=O) groups is 5. The van der Waals surface area contributed by atoms with E-state index in [2.05, 4.69) is 43.0 Å². The molecule has 2 aliphatic carbocycles. The molecule has 0 aromatic heterocycles. The molecule has 2 saturated carbocycles. The van der Waals surface area contributed by atoms with Crippen molar-refractivity contribution in [2.45, 2.75) is 110 Å². The zero-order valence-electron chi connectivity index (χ0n) is 26.0. The number of allylic oxidation sites excluding steroid dienone is 1. The third-order valence-electron chi connectivity index (χ3n) is 8.97. The number of fused-ring (bicyclic) bond motifs is 1. The first-order valence-corrected chi connectivity index (χ1v) is 15.4. The summed E-state index contributed by atoms with van der Waals surface area (Å²) < 4.78 is 5.49. The van der Waals surface area contributed by atoms with Crippen molar-refractivity contribution in [2.75, 3.05) is 13.1 Å². The minimum Gasteiger partial charge on any atom is -0.444 e. The predicted molar refractivity (Wildman–Crippen MR) is 160 cm³/mol. The number of nitrogens with one attached hydrogen (secondary N) is 3. The molecule has 42 heavy (non-hydrogen) atoms. The van der Waals surface area contributed by atoms with Gasteiger partial charge in [0, 0.05) is 13.1 Å². The van der Waals surface area contributed by atoms with Crippen LogP contribution in [0, 0.1) is 23.2 Å². The average molecular weight is 587 g/mol. The first-order valence-electron chi connectivity index (χ1n) is 15.4. The molecule has 3 rings (SSSR count). The van der Waals surface area contributed by atoms with Gasteiger partial charge in [0.25, 0.3) is 5.91 Å². The molecule has 1 unspecified atom stereocenters. The molecule has 0 bridgehead atoms. The molecule has 0 radical (unpaired) electrons. The van der Waals surface area contributed by atoms with Crippen LogP contribution in [0.2, 0.25) is 0 Å².